The molecule has 9 heteroatoms. The van der Waals surface area contributed by atoms with Crippen LogP contribution in [0, 0.1) is 0 Å². The molecular formula is C10H12BrF3N2O2S. The summed E-state index contributed by atoms with van der Waals surface area (Å²) in [6, 6.07) is 2.75. The quantitative estimate of drug-likeness (QED) is 0.847. The molecule has 0 aliphatic heterocycles. The van der Waals surface area contributed by atoms with E-state index in [1.165, 1.54) is 0 Å². The normalized spacial score (nSPS) is 12.5. The number of nitrogens with two attached hydrogens (primary N) is 1. The Hall–Kier alpha value is -0.800. The minimum absolute atomic E-state index is 0.146. The number of sulfonamides is 1. The Morgan fingerprint density at radius 2 is 1.95 bits per heavy atom. The summed E-state index contributed by atoms with van der Waals surface area (Å²) in [5.41, 5.74) is 4.12. The lowest BCUT2D eigenvalue weighted by molar-refractivity contribution is -0.137. The van der Waals surface area contributed by atoms with E-state index in [9.17, 15) is 21.6 Å². The summed E-state index contributed by atoms with van der Waals surface area (Å²) in [6.07, 6.45) is -4.30. The van der Waals surface area contributed by atoms with Crippen LogP contribution in [-0.4, -0.2) is 20.7 Å². The molecule has 0 fully saturated rings. The summed E-state index contributed by atoms with van der Waals surface area (Å²) < 4.78 is 63.1. The van der Waals surface area contributed by atoms with E-state index in [-0.39, 0.29) is 28.9 Å². The standard InChI is InChI=1S/C10H12BrF3N2O2S/c11-8-3-2-7(10(12,13)14)6-9(8)16-19(17,18)5-1-4-15/h2-3,6,16H,1,4-5,15H2. The molecule has 1 rings (SSSR count). The van der Waals surface area contributed by atoms with Crippen LogP contribution in [0.2, 0.25) is 0 Å². The maximum absolute atomic E-state index is 12.5. The van der Waals surface area contributed by atoms with E-state index in [0.29, 0.717) is 0 Å². The summed E-state index contributed by atoms with van der Waals surface area (Å²) >= 11 is 3.00. The molecule has 0 atom stereocenters. The molecule has 4 nitrogen and oxygen atoms in total. The van der Waals surface area contributed by atoms with E-state index in [4.69, 9.17) is 5.73 Å². The smallest absolute Gasteiger partial charge is 0.330 e. The average molecular weight is 361 g/mol. The molecule has 0 aromatic heterocycles. The maximum Gasteiger partial charge on any atom is 0.416 e. The number of halogens is 4. The SMILES string of the molecule is NCCCS(=O)(=O)Nc1cc(C(F)(F)F)ccc1Br. The molecule has 0 radical (unpaired) electrons. The highest BCUT2D eigenvalue weighted by Gasteiger charge is 2.31. The van der Waals surface area contributed by atoms with Gasteiger partial charge in [-0.25, -0.2) is 8.42 Å². The Kier molecular flexibility index (Phi) is 5.22. The molecule has 1 aromatic rings. The Bertz CT molecular complexity index is 546. The Labute approximate surface area is 117 Å². The monoisotopic (exact) mass is 360 g/mol. The highest BCUT2D eigenvalue weighted by Crippen LogP contribution is 2.34. The van der Waals surface area contributed by atoms with Gasteiger partial charge in [-0.1, -0.05) is 0 Å². The van der Waals surface area contributed by atoms with E-state index in [1.807, 2.05) is 0 Å². The third kappa shape index (κ3) is 5.00. The molecule has 0 unspecified atom stereocenters. The van der Waals surface area contributed by atoms with E-state index >= 15 is 0 Å². The number of rotatable bonds is 5. The van der Waals surface area contributed by atoms with Crippen LogP contribution in [0.15, 0.2) is 22.7 Å². The fourth-order valence-corrected chi connectivity index (χ4v) is 2.90. The predicted octanol–water partition coefficient (Wildman–Crippen LogP) is 2.56. The molecule has 0 saturated heterocycles. The largest absolute Gasteiger partial charge is 0.416 e. The van der Waals surface area contributed by atoms with Crippen LogP contribution in [0.5, 0.6) is 0 Å². The topological polar surface area (TPSA) is 72.2 Å². The van der Waals surface area contributed by atoms with Crippen molar-refractivity contribution < 1.29 is 21.6 Å². The Morgan fingerprint density at radius 1 is 1.32 bits per heavy atom. The van der Waals surface area contributed by atoms with Crippen molar-refractivity contribution in [2.24, 2.45) is 5.73 Å². The summed E-state index contributed by atoms with van der Waals surface area (Å²) in [7, 11) is -3.71. The number of hydrogen-bond donors (Lipinski definition) is 2. The van der Waals surface area contributed by atoms with Crippen LogP contribution >= 0.6 is 15.9 Å². The summed E-state index contributed by atoms with van der Waals surface area (Å²) in [6.45, 7) is 0.185. The van der Waals surface area contributed by atoms with Crippen LogP contribution < -0.4 is 10.5 Å². The molecule has 0 saturated carbocycles. The van der Waals surface area contributed by atoms with Crippen molar-refractivity contribution in [1.82, 2.24) is 0 Å². The van der Waals surface area contributed by atoms with Gasteiger partial charge in [0.1, 0.15) is 0 Å². The average Bonchev–Trinajstić information content (AvgIpc) is 2.28. The maximum atomic E-state index is 12.5. The van der Waals surface area contributed by atoms with Crippen LogP contribution in [-0.2, 0) is 16.2 Å². The molecule has 0 aliphatic rings. The fraction of sp³-hybridized carbons (Fsp3) is 0.400. The molecule has 0 spiro atoms. The molecule has 0 amide bonds. The molecule has 1 aromatic carbocycles. The van der Waals surface area contributed by atoms with Gasteiger partial charge in [0, 0.05) is 4.47 Å². The van der Waals surface area contributed by atoms with E-state index < -0.39 is 21.8 Å². The zero-order valence-corrected chi connectivity index (χ0v) is 12.1. The first-order chi connectivity index (χ1) is 8.65. The molecule has 0 heterocycles. The molecule has 108 valence electrons. The molecule has 0 bridgehead atoms. The van der Waals surface area contributed by atoms with Gasteiger partial charge < -0.3 is 5.73 Å². The Morgan fingerprint density at radius 3 is 2.47 bits per heavy atom. The first kappa shape index (κ1) is 16.3. The van der Waals surface area contributed by atoms with E-state index in [2.05, 4.69) is 20.7 Å². The number of benzene rings is 1. The van der Waals surface area contributed by atoms with E-state index in [1.54, 1.807) is 0 Å². The fourth-order valence-electron chi connectivity index (χ4n) is 1.27. The second-order valence-corrected chi connectivity index (χ2v) is 6.45. The van der Waals surface area contributed by atoms with Gasteiger partial charge >= 0.3 is 6.18 Å². The first-order valence-electron chi connectivity index (χ1n) is 5.23. The second-order valence-electron chi connectivity index (χ2n) is 3.76. The van der Waals surface area contributed by atoms with Gasteiger partial charge in [-0.2, -0.15) is 13.2 Å². The molecule has 0 aliphatic carbocycles. The van der Waals surface area contributed by atoms with Crippen LogP contribution in [0.4, 0.5) is 18.9 Å². The third-order valence-electron chi connectivity index (χ3n) is 2.18. The van der Waals surface area contributed by atoms with Crippen molar-refractivity contribution >= 4 is 31.6 Å². The number of alkyl halides is 3. The minimum atomic E-state index is -4.53. The first-order valence-corrected chi connectivity index (χ1v) is 7.67. The lowest BCUT2D eigenvalue weighted by Gasteiger charge is -2.12. The van der Waals surface area contributed by atoms with Gasteiger partial charge in [0.2, 0.25) is 10.0 Å². The highest BCUT2D eigenvalue weighted by atomic mass is 79.9. The minimum Gasteiger partial charge on any atom is -0.330 e. The van der Waals surface area contributed by atoms with Gasteiger partial charge in [0.25, 0.3) is 0 Å². The van der Waals surface area contributed by atoms with Crippen LogP contribution in [0.1, 0.15) is 12.0 Å². The van der Waals surface area contributed by atoms with Crippen molar-refractivity contribution in [3.05, 3.63) is 28.2 Å². The van der Waals surface area contributed by atoms with Gasteiger partial charge in [-0.3, -0.25) is 4.72 Å². The van der Waals surface area contributed by atoms with E-state index in [0.717, 1.165) is 18.2 Å². The Balaban J connectivity index is 3.01. The molecule has 3 N–H and O–H groups in total. The van der Waals surface area contributed by atoms with Crippen molar-refractivity contribution in [2.45, 2.75) is 12.6 Å². The molecule has 19 heavy (non-hydrogen) atoms. The lowest BCUT2D eigenvalue weighted by atomic mass is 10.2. The highest BCUT2D eigenvalue weighted by molar-refractivity contribution is 9.10. The number of anilines is 1. The van der Waals surface area contributed by atoms with Crippen molar-refractivity contribution in [3.8, 4) is 0 Å². The van der Waals surface area contributed by atoms with Crippen LogP contribution in [0.3, 0.4) is 0 Å². The number of hydrogen-bond acceptors (Lipinski definition) is 3. The zero-order valence-electron chi connectivity index (χ0n) is 9.67. The zero-order chi connectivity index (χ0) is 14.7. The van der Waals surface area contributed by atoms with Crippen LogP contribution in [0.25, 0.3) is 0 Å². The van der Waals surface area contributed by atoms with Crippen molar-refractivity contribution in [1.29, 1.82) is 0 Å². The number of nitrogens with one attached hydrogen (secondary N) is 1. The second kappa shape index (κ2) is 6.10. The lowest BCUT2D eigenvalue weighted by Crippen LogP contribution is -2.19. The van der Waals surface area contributed by atoms with Crippen molar-refractivity contribution in [3.63, 3.8) is 0 Å². The molecular weight excluding hydrogens is 349 g/mol. The third-order valence-corrected chi connectivity index (χ3v) is 4.22. The van der Waals surface area contributed by atoms with Gasteiger partial charge in [-0.15, -0.1) is 0 Å². The predicted molar refractivity (Wildman–Crippen MR) is 70.2 cm³/mol. The summed E-state index contributed by atoms with van der Waals surface area (Å²) in [5.74, 6) is -0.244. The van der Waals surface area contributed by atoms with Gasteiger partial charge in [-0.05, 0) is 47.1 Å². The van der Waals surface area contributed by atoms with Gasteiger partial charge in [0.05, 0.1) is 17.0 Å². The summed E-state index contributed by atoms with van der Waals surface area (Å²) in [5, 5.41) is 0. The van der Waals surface area contributed by atoms with Gasteiger partial charge in [0.15, 0.2) is 0 Å². The summed E-state index contributed by atoms with van der Waals surface area (Å²) in [4.78, 5) is 0. The van der Waals surface area contributed by atoms with Crippen molar-refractivity contribution in [2.75, 3.05) is 17.0 Å².